The fourth-order valence-corrected chi connectivity index (χ4v) is 1.66. The monoisotopic (exact) mass is 226 g/mol. The van der Waals surface area contributed by atoms with Crippen molar-refractivity contribution in [1.82, 2.24) is 0 Å². The maximum Gasteiger partial charge on any atom is 0.151 e. The summed E-state index contributed by atoms with van der Waals surface area (Å²) >= 11 is 0. The number of rotatable bonds is 4. The Hall–Kier alpha value is -1.96. The first-order chi connectivity index (χ1) is 8.10. The fraction of sp³-hybridized carbons (Fsp3) is 0.200. The zero-order chi connectivity index (χ0) is 12.8. The molecule has 0 atom stereocenters. The van der Waals surface area contributed by atoms with Crippen molar-refractivity contribution in [3.8, 4) is 0 Å². The highest BCUT2D eigenvalue weighted by atomic mass is 14.8. The second-order valence-electron chi connectivity index (χ2n) is 4.10. The molecule has 17 heavy (non-hydrogen) atoms. The van der Waals surface area contributed by atoms with Gasteiger partial charge in [0.2, 0.25) is 0 Å². The molecule has 0 saturated heterocycles. The topological polar surface area (TPSA) is 36.2 Å². The van der Waals surface area contributed by atoms with Gasteiger partial charge in [0.15, 0.2) is 5.84 Å². The van der Waals surface area contributed by atoms with Gasteiger partial charge in [-0.05, 0) is 29.8 Å². The minimum absolute atomic E-state index is 0.202. The van der Waals surface area contributed by atoms with Crippen LogP contribution in [0.25, 0.3) is 6.08 Å². The molecule has 2 nitrogen and oxygen atoms in total. The van der Waals surface area contributed by atoms with Gasteiger partial charge in [-0.3, -0.25) is 5.41 Å². The van der Waals surface area contributed by atoms with Gasteiger partial charge in [-0.1, -0.05) is 50.8 Å². The first kappa shape index (κ1) is 13.1. The number of allylic oxidation sites excluding steroid dienone is 2. The second kappa shape index (κ2) is 5.94. The fourth-order valence-electron chi connectivity index (χ4n) is 1.66. The largest absolute Gasteiger partial charge is 0.282 e. The normalized spacial score (nSPS) is 10.8. The van der Waals surface area contributed by atoms with Crippen LogP contribution in [0.3, 0.4) is 0 Å². The molecule has 0 saturated carbocycles. The van der Waals surface area contributed by atoms with Gasteiger partial charge in [0.25, 0.3) is 0 Å². The Morgan fingerprint density at radius 3 is 2.65 bits per heavy atom. The van der Waals surface area contributed by atoms with Gasteiger partial charge in [-0.15, -0.1) is 0 Å². The average molecular weight is 226 g/mol. The third-order valence-electron chi connectivity index (χ3n) is 2.55. The lowest BCUT2D eigenvalue weighted by Gasteiger charge is -2.11. The van der Waals surface area contributed by atoms with Gasteiger partial charge >= 0.3 is 0 Å². The SMILES string of the molecule is C=C/C=C\c1cc(C(=N)N=C)ccc1C(C)C. The molecular weight excluding hydrogens is 208 g/mol. The van der Waals surface area contributed by atoms with Crippen LogP contribution in [-0.2, 0) is 0 Å². The van der Waals surface area contributed by atoms with Crippen LogP contribution >= 0.6 is 0 Å². The van der Waals surface area contributed by atoms with Crippen molar-refractivity contribution in [2.75, 3.05) is 0 Å². The first-order valence-electron chi connectivity index (χ1n) is 5.58. The zero-order valence-electron chi connectivity index (χ0n) is 10.4. The Balaban J connectivity index is 3.27. The van der Waals surface area contributed by atoms with Crippen molar-refractivity contribution in [3.63, 3.8) is 0 Å². The van der Waals surface area contributed by atoms with Crippen molar-refractivity contribution in [1.29, 1.82) is 5.41 Å². The molecule has 1 N–H and O–H groups in total. The first-order valence-corrected chi connectivity index (χ1v) is 5.58. The summed E-state index contributed by atoms with van der Waals surface area (Å²) in [5.74, 6) is 0.646. The van der Waals surface area contributed by atoms with Gasteiger partial charge in [0, 0.05) is 5.56 Å². The predicted octanol–water partition coefficient (Wildman–Crippen LogP) is 4.04. The Bertz CT molecular complexity index is 468. The molecule has 0 aliphatic heterocycles. The second-order valence-corrected chi connectivity index (χ2v) is 4.10. The minimum atomic E-state index is 0.202. The van der Waals surface area contributed by atoms with Crippen molar-refractivity contribution in [3.05, 3.63) is 53.6 Å². The van der Waals surface area contributed by atoms with E-state index in [1.807, 2.05) is 30.4 Å². The van der Waals surface area contributed by atoms with E-state index in [2.05, 4.69) is 32.1 Å². The number of amidine groups is 1. The average Bonchev–Trinajstić information content (AvgIpc) is 2.34. The summed E-state index contributed by atoms with van der Waals surface area (Å²) in [5, 5.41) is 7.66. The summed E-state index contributed by atoms with van der Waals surface area (Å²) in [6.45, 7) is 11.3. The molecule has 0 fully saturated rings. The van der Waals surface area contributed by atoms with Crippen LogP contribution in [0.5, 0.6) is 0 Å². The molecule has 0 aromatic heterocycles. The molecule has 0 heterocycles. The van der Waals surface area contributed by atoms with Crippen molar-refractivity contribution in [2.45, 2.75) is 19.8 Å². The highest BCUT2D eigenvalue weighted by Crippen LogP contribution is 2.22. The maximum absolute atomic E-state index is 7.66. The van der Waals surface area contributed by atoms with Gasteiger partial charge in [-0.2, -0.15) is 0 Å². The van der Waals surface area contributed by atoms with Gasteiger partial charge in [0.05, 0.1) is 0 Å². The van der Waals surface area contributed by atoms with Crippen LogP contribution in [-0.4, -0.2) is 12.6 Å². The van der Waals surface area contributed by atoms with Crippen LogP contribution in [0.4, 0.5) is 0 Å². The Labute approximate surface area is 103 Å². The van der Waals surface area contributed by atoms with Crippen LogP contribution in [0.1, 0.15) is 36.5 Å². The minimum Gasteiger partial charge on any atom is -0.282 e. The molecule has 88 valence electrons. The molecule has 0 bridgehead atoms. The van der Waals surface area contributed by atoms with Crippen molar-refractivity contribution < 1.29 is 0 Å². The molecule has 0 aliphatic rings. The molecule has 1 rings (SSSR count). The van der Waals surface area contributed by atoms with Crippen LogP contribution in [0.15, 0.2) is 41.9 Å². The highest BCUT2D eigenvalue weighted by Gasteiger charge is 2.07. The zero-order valence-corrected chi connectivity index (χ0v) is 10.4. The summed E-state index contributed by atoms with van der Waals surface area (Å²) in [6, 6.07) is 5.92. The third-order valence-corrected chi connectivity index (χ3v) is 2.55. The smallest absolute Gasteiger partial charge is 0.151 e. The standard InChI is InChI=1S/C15H18N2/c1-5-6-7-12-10-13(15(16)17-4)8-9-14(12)11(2)3/h5-11,16H,1,4H2,2-3H3/b7-6-,16-15?. The number of aliphatic imine (C=N–C) groups is 1. The summed E-state index contributed by atoms with van der Waals surface area (Å²) < 4.78 is 0. The molecule has 0 spiro atoms. The van der Waals surface area contributed by atoms with Crippen molar-refractivity contribution >= 4 is 18.6 Å². The molecule has 0 unspecified atom stereocenters. The van der Waals surface area contributed by atoms with E-state index >= 15 is 0 Å². The Kier molecular flexibility index (Phi) is 4.58. The molecule has 2 heteroatoms. The molecule has 0 amide bonds. The molecule has 1 aromatic rings. The number of benzene rings is 1. The van der Waals surface area contributed by atoms with Gasteiger partial charge < -0.3 is 0 Å². The number of hydrogen-bond donors (Lipinski definition) is 1. The highest BCUT2D eigenvalue weighted by molar-refractivity contribution is 5.99. The summed E-state index contributed by atoms with van der Waals surface area (Å²) in [7, 11) is 0. The van der Waals surface area contributed by atoms with E-state index in [4.69, 9.17) is 5.41 Å². The summed E-state index contributed by atoms with van der Waals surface area (Å²) in [4.78, 5) is 3.64. The predicted molar refractivity (Wildman–Crippen MR) is 76.1 cm³/mol. The molecular formula is C15H18N2. The van der Waals surface area contributed by atoms with Crippen molar-refractivity contribution in [2.24, 2.45) is 4.99 Å². The lowest BCUT2D eigenvalue weighted by atomic mass is 9.94. The molecule has 0 radical (unpaired) electrons. The van der Waals surface area contributed by atoms with E-state index < -0.39 is 0 Å². The Morgan fingerprint density at radius 1 is 1.41 bits per heavy atom. The quantitative estimate of drug-likeness (QED) is 0.457. The molecule has 0 aliphatic carbocycles. The summed E-state index contributed by atoms with van der Waals surface area (Å²) in [6.07, 6.45) is 5.64. The molecule has 1 aromatic carbocycles. The van der Waals surface area contributed by atoms with E-state index in [0.29, 0.717) is 5.92 Å². The van der Waals surface area contributed by atoms with E-state index in [9.17, 15) is 0 Å². The van der Waals surface area contributed by atoms with Gasteiger partial charge in [0.1, 0.15) is 0 Å². The summed E-state index contributed by atoms with van der Waals surface area (Å²) in [5.41, 5.74) is 3.14. The van der Waals surface area contributed by atoms with Gasteiger partial charge in [-0.25, -0.2) is 4.99 Å². The van der Waals surface area contributed by atoms with Crippen LogP contribution in [0, 0.1) is 5.41 Å². The third kappa shape index (κ3) is 3.25. The van der Waals surface area contributed by atoms with E-state index in [1.54, 1.807) is 6.08 Å². The lowest BCUT2D eigenvalue weighted by Crippen LogP contribution is -1.98. The van der Waals surface area contributed by atoms with E-state index in [1.165, 1.54) is 5.56 Å². The lowest BCUT2D eigenvalue weighted by molar-refractivity contribution is 0.864. The van der Waals surface area contributed by atoms with Crippen LogP contribution < -0.4 is 0 Å². The number of nitrogens with zero attached hydrogens (tertiary/aromatic N) is 1. The maximum atomic E-state index is 7.66. The number of hydrogen-bond acceptors (Lipinski definition) is 1. The number of nitrogens with one attached hydrogen (secondary N) is 1. The Morgan fingerprint density at radius 2 is 2.12 bits per heavy atom. The van der Waals surface area contributed by atoms with E-state index in [-0.39, 0.29) is 5.84 Å². The van der Waals surface area contributed by atoms with E-state index in [0.717, 1.165) is 11.1 Å². The van der Waals surface area contributed by atoms with Crippen LogP contribution in [0.2, 0.25) is 0 Å².